The number of benzene rings is 2. The number of hydrogen-bond acceptors (Lipinski definition) is 8. The van der Waals surface area contributed by atoms with Gasteiger partial charge >= 0.3 is 10.4 Å². The molecular formula is C10H8O11S3. The smallest absolute Gasteiger partial charge is 0.446 e. The molecule has 132 valence electrons. The second-order valence-corrected chi connectivity index (χ2v) is 8.19. The lowest BCUT2D eigenvalue weighted by molar-refractivity contribution is 0.386. The van der Waals surface area contributed by atoms with Crippen LogP contribution in [0.15, 0.2) is 34.1 Å². The van der Waals surface area contributed by atoms with Gasteiger partial charge in [-0.3, -0.25) is 13.7 Å². The quantitative estimate of drug-likeness (QED) is 0.513. The van der Waals surface area contributed by atoms with Crippen LogP contribution in [0.25, 0.3) is 10.8 Å². The molecule has 0 bridgehead atoms. The van der Waals surface area contributed by atoms with E-state index in [2.05, 4.69) is 4.18 Å². The Morgan fingerprint density at radius 3 is 1.75 bits per heavy atom. The molecule has 0 heterocycles. The lowest BCUT2D eigenvalue weighted by Gasteiger charge is -2.11. The van der Waals surface area contributed by atoms with Crippen molar-refractivity contribution in [2.45, 2.75) is 9.79 Å². The van der Waals surface area contributed by atoms with Crippen molar-refractivity contribution < 1.29 is 48.2 Å². The molecule has 14 heteroatoms. The highest BCUT2D eigenvalue weighted by Crippen LogP contribution is 2.38. The van der Waals surface area contributed by atoms with Crippen molar-refractivity contribution in [1.29, 1.82) is 0 Å². The Morgan fingerprint density at radius 2 is 1.29 bits per heavy atom. The zero-order valence-electron chi connectivity index (χ0n) is 11.2. The molecule has 0 aliphatic rings. The van der Waals surface area contributed by atoms with Crippen LogP contribution in [0.5, 0.6) is 11.5 Å². The summed E-state index contributed by atoms with van der Waals surface area (Å²) in [4.78, 5) is -2.21. The molecule has 0 unspecified atom stereocenters. The Hall–Kier alpha value is -1.97. The molecule has 24 heavy (non-hydrogen) atoms. The lowest BCUT2D eigenvalue weighted by Crippen LogP contribution is -2.07. The van der Waals surface area contributed by atoms with Gasteiger partial charge in [-0.15, -0.1) is 0 Å². The number of phenolic OH excluding ortho intramolecular Hbond substituents is 1. The van der Waals surface area contributed by atoms with Crippen molar-refractivity contribution in [2.75, 3.05) is 0 Å². The summed E-state index contributed by atoms with van der Waals surface area (Å²) in [6.45, 7) is 0. The monoisotopic (exact) mass is 400 g/mol. The summed E-state index contributed by atoms with van der Waals surface area (Å²) in [5.41, 5.74) is 0. The van der Waals surface area contributed by atoms with Crippen LogP contribution in [0.4, 0.5) is 0 Å². The van der Waals surface area contributed by atoms with Gasteiger partial charge in [0.2, 0.25) is 0 Å². The molecule has 2 rings (SSSR count). The van der Waals surface area contributed by atoms with Crippen LogP contribution in [0.1, 0.15) is 0 Å². The molecule has 0 atom stereocenters. The Bertz CT molecular complexity index is 1140. The maximum Gasteiger partial charge on any atom is 0.446 e. The van der Waals surface area contributed by atoms with E-state index in [1.165, 1.54) is 0 Å². The second-order valence-electron chi connectivity index (χ2n) is 4.39. The fraction of sp³-hybridized carbons (Fsp3) is 0. The van der Waals surface area contributed by atoms with Gasteiger partial charge in [0, 0.05) is 10.8 Å². The highest BCUT2D eigenvalue weighted by atomic mass is 32.3. The van der Waals surface area contributed by atoms with E-state index < -0.39 is 62.7 Å². The Balaban J connectivity index is 2.97. The van der Waals surface area contributed by atoms with E-state index >= 15 is 0 Å². The predicted octanol–water partition coefficient (Wildman–Crippen LogP) is 0.220. The van der Waals surface area contributed by atoms with E-state index in [1.807, 2.05) is 0 Å². The average molecular weight is 400 g/mol. The molecule has 0 spiro atoms. The fourth-order valence-corrected chi connectivity index (χ4v) is 3.68. The van der Waals surface area contributed by atoms with Crippen LogP contribution in [-0.4, -0.2) is 44.0 Å². The van der Waals surface area contributed by atoms with Gasteiger partial charge in [0.25, 0.3) is 20.2 Å². The minimum absolute atomic E-state index is 0.325. The van der Waals surface area contributed by atoms with Gasteiger partial charge in [0.15, 0.2) is 0 Å². The number of aromatic hydroxyl groups is 1. The summed E-state index contributed by atoms with van der Waals surface area (Å²) in [5.74, 6) is -1.73. The number of phenols is 1. The van der Waals surface area contributed by atoms with Gasteiger partial charge < -0.3 is 9.29 Å². The van der Waals surface area contributed by atoms with Gasteiger partial charge in [0.1, 0.15) is 21.3 Å². The van der Waals surface area contributed by atoms with E-state index in [0.29, 0.717) is 12.1 Å². The van der Waals surface area contributed by atoms with Gasteiger partial charge in [-0.2, -0.15) is 25.3 Å². The molecule has 2 aromatic rings. The summed E-state index contributed by atoms with van der Waals surface area (Å²) >= 11 is 0. The highest BCUT2D eigenvalue weighted by Gasteiger charge is 2.25. The first-order valence-corrected chi connectivity index (χ1v) is 9.86. The maximum atomic E-state index is 11.4. The van der Waals surface area contributed by atoms with Crippen LogP contribution >= 0.6 is 0 Å². The highest BCUT2D eigenvalue weighted by molar-refractivity contribution is 7.87. The summed E-state index contributed by atoms with van der Waals surface area (Å²) < 4.78 is 97.5. The Morgan fingerprint density at radius 1 is 0.750 bits per heavy atom. The largest absolute Gasteiger partial charge is 0.506 e. The first kappa shape index (κ1) is 18.4. The maximum absolute atomic E-state index is 11.4. The SMILES string of the molecule is O=S(=O)(O)Oc1ccc2c(S(=O)(=O)O)cc(S(=O)(=O)O)c(O)c2c1. The average Bonchev–Trinajstić information content (AvgIpc) is 2.34. The summed E-state index contributed by atoms with van der Waals surface area (Å²) in [6.07, 6.45) is 0. The van der Waals surface area contributed by atoms with Crippen molar-refractivity contribution >= 4 is 41.4 Å². The third-order valence-electron chi connectivity index (χ3n) is 2.76. The summed E-state index contributed by atoms with van der Waals surface area (Å²) in [6, 6.07) is 2.76. The normalized spacial score (nSPS) is 13.1. The zero-order chi connectivity index (χ0) is 18.5. The van der Waals surface area contributed by atoms with E-state index in [1.54, 1.807) is 0 Å². The molecule has 0 aliphatic heterocycles. The zero-order valence-corrected chi connectivity index (χ0v) is 13.6. The van der Waals surface area contributed by atoms with Crippen molar-refractivity contribution in [1.82, 2.24) is 0 Å². The minimum atomic E-state index is -5.09. The third-order valence-corrected chi connectivity index (χ3v) is 4.93. The van der Waals surface area contributed by atoms with E-state index in [4.69, 9.17) is 9.11 Å². The first-order valence-electron chi connectivity index (χ1n) is 5.62. The van der Waals surface area contributed by atoms with Crippen LogP contribution in [0, 0.1) is 0 Å². The lowest BCUT2D eigenvalue weighted by atomic mass is 10.1. The van der Waals surface area contributed by atoms with E-state index in [-0.39, 0.29) is 0 Å². The fourth-order valence-electron chi connectivity index (χ4n) is 1.92. The topological polar surface area (TPSA) is 193 Å². The Kier molecular flexibility index (Phi) is 4.24. The molecule has 0 saturated carbocycles. The van der Waals surface area contributed by atoms with E-state index in [9.17, 15) is 34.9 Å². The standard InChI is InChI=1S/C10H8O11S3/c11-10-7-3-5(21-24(18,19)20)1-2-6(7)8(22(12,13)14)4-9(10)23(15,16)17/h1-4,11H,(H,12,13,14)(H,15,16,17)(H,18,19,20). The number of rotatable bonds is 4. The summed E-state index contributed by atoms with van der Waals surface area (Å²) in [5, 5.41) is 8.93. The second kappa shape index (κ2) is 5.54. The third kappa shape index (κ3) is 3.74. The minimum Gasteiger partial charge on any atom is -0.506 e. The van der Waals surface area contributed by atoms with Crippen molar-refractivity contribution in [3.8, 4) is 11.5 Å². The first-order chi connectivity index (χ1) is 10.7. The molecule has 0 amide bonds. The van der Waals surface area contributed by atoms with E-state index in [0.717, 1.165) is 12.1 Å². The Labute approximate surface area is 135 Å². The van der Waals surface area contributed by atoms with Crippen LogP contribution in [0.2, 0.25) is 0 Å². The van der Waals surface area contributed by atoms with Crippen LogP contribution in [0.3, 0.4) is 0 Å². The molecule has 4 N–H and O–H groups in total. The van der Waals surface area contributed by atoms with Gasteiger partial charge in [-0.1, -0.05) is 0 Å². The van der Waals surface area contributed by atoms with Crippen LogP contribution < -0.4 is 4.18 Å². The number of fused-ring (bicyclic) bond motifs is 1. The van der Waals surface area contributed by atoms with Gasteiger partial charge in [0.05, 0.1) is 0 Å². The predicted molar refractivity (Wildman–Crippen MR) is 77.4 cm³/mol. The van der Waals surface area contributed by atoms with Gasteiger partial charge in [-0.05, 0) is 24.3 Å². The molecule has 0 saturated heterocycles. The molecule has 11 nitrogen and oxygen atoms in total. The van der Waals surface area contributed by atoms with Crippen molar-refractivity contribution in [3.63, 3.8) is 0 Å². The molecule has 0 radical (unpaired) electrons. The molecular weight excluding hydrogens is 392 g/mol. The van der Waals surface area contributed by atoms with Crippen molar-refractivity contribution in [2.24, 2.45) is 0 Å². The molecule has 0 aliphatic carbocycles. The molecule has 0 aromatic heterocycles. The molecule has 2 aromatic carbocycles. The summed E-state index contributed by atoms with van der Waals surface area (Å²) in [7, 11) is -15.0. The number of hydrogen-bond donors (Lipinski definition) is 4. The van der Waals surface area contributed by atoms with Crippen LogP contribution in [-0.2, 0) is 30.6 Å². The van der Waals surface area contributed by atoms with Crippen molar-refractivity contribution in [3.05, 3.63) is 24.3 Å². The van der Waals surface area contributed by atoms with Gasteiger partial charge in [-0.25, -0.2) is 0 Å². The molecule has 0 fully saturated rings.